The van der Waals surface area contributed by atoms with Crippen molar-refractivity contribution in [1.82, 2.24) is 4.31 Å². The normalized spacial score (nSPS) is 11.6. The third-order valence-corrected chi connectivity index (χ3v) is 7.95. The number of hydrogen-bond donors (Lipinski definition) is 1. The van der Waals surface area contributed by atoms with Crippen molar-refractivity contribution in [3.05, 3.63) is 92.1 Å². The Labute approximate surface area is 204 Å². The van der Waals surface area contributed by atoms with Gasteiger partial charge in [0.2, 0.25) is 15.9 Å². The minimum absolute atomic E-state index is 0.107. The van der Waals surface area contributed by atoms with Crippen LogP contribution in [-0.4, -0.2) is 25.2 Å². The van der Waals surface area contributed by atoms with Gasteiger partial charge in [-0.15, -0.1) is 0 Å². The lowest BCUT2D eigenvalue weighted by Gasteiger charge is -2.24. The van der Waals surface area contributed by atoms with E-state index < -0.39 is 10.0 Å². The van der Waals surface area contributed by atoms with Crippen LogP contribution in [0.4, 0.5) is 5.69 Å². The molecule has 5 nitrogen and oxygen atoms in total. The van der Waals surface area contributed by atoms with Crippen LogP contribution in [0, 0.1) is 31.3 Å². The predicted molar refractivity (Wildman–Crippen MR) is 137 cm³/mol. The van der Waals surface area contributed by atoms with Crippen LogP contribution in [0.5, 0.6) is 0 Å². The van der Waals surface area contributed by atoms with E-state index in [2.05, 4.69) is 27.9 Å². The second kappa shape index (κ2) is 10.1. The number of sulfonamides is 1. The fourth-order valence-corrected chi connectivity index (χ4v) is 5.88. The smallest absolute Gasteiger partial charge is 0.244 e. The van der Waals surface area contributed by atoms with E-state index in [0.717, 1.165) is 20.3 Å². The van der Waals surface area contributed by atoms with Crippen molar-refractivity contribution in [2.75, 3.05) is 11.9 Å². The quantitative estimate of drug-likeness (QED) is 0.395. The van der Waals surface area contributed by atoms with Gasteiger partial charge in [0.1, 0.15) is 0 Å². The lowest BCUT2D eigenvalue weighted by Crippen LogP contribution is -2.38. The lowest BCUT2D eigenvalue weighted by atomic mass is 10.1. The van der Waals surface area contributed by atoms with Gasteiger partial charge in [-0.2, -0.15) is 4.31 Å². The second-order valence-electron chi connectivity index (χ2n) is 8.04. The van der Waals surface area contributed by atoms with Crippen molar-refractivity contribution >= 4 is 44.2 Å². The minimum atomic E-state index is -3.91. The van der Waals surface area contributed by atoms with Gasteiger partial charge in [0, 0.05) is 15.8 Å². The molecule has 0 heterocycles. The number of aryl methyl sites for hydroxylation is 4. The Hall–Kier alpha value is -2.23. The SMILES string of the molecule is Cc1ccc(CN(CC(=O)Nc2ccc(I)cc2)S(=O)(=O)c2c(C)cc(C)cc2C)cc1. The second-order valence-corrected chi connectivity index (χ2v) is 11.2. The number of amides is 1. The first-order valence-corrected chi connectivity index (χ1v) is 12.8. The maximum Gasteiger partial charge on any atom is 0.244 e. The van der Waals surface area contributed by atoms with E-state index in [-0.39, 0.29) is 23.9 Å². The summed E-state index contributed by atoms with van der Waals surface area (Å²) in [5.74, 6) is -0.385. The molecule has 1 N–H and O–H groups in total. The van der Waals surface area contributed by atoms with Crippen molar-refractivity contribution in [3.63, 3.8) is 0 Å². The van der Waals surface area contributed by atoms with Crippen LogP contribution in [0.25, 0.3) is 0 Å². The number of hydrogen-bond acceptors (Lipinski definition) is 3. The molecule has 0 aliphatic heterocycles. The summed E-state index contributed by atoms with van der Waals surface area (Å²) in [7, 11) is -3.91. The third-order valence-electron chi connectivity index (χ3n) is 5.13. The molecule has 0 radical (unpaired) electrons. The standard InChI is InChI=1S/C25H27IN2O3S/c1-17-5-7-21(8-6-17)15-28(16-24(29)27-23-11-9-22(26)10-12-23)32(30,31)25-19(3)13-18(2)14-20(25)4/h5-14H,15-16H2,1-4H3,(H,27,29). The van der Waals surface area contributed by atoms with E-state index in [9.17, 15) is 13.2 Å². The Morgan fingerprint density at radius 2 is 1.44 bits per heavy atom. The molecule has 3 rings (SSSR count). The molecule has 0 aliphatic carbocycles. The highest BCUT2D eigenvalue weighted by atomic mass is 127. The molecule has 32 heavy (non-hydrogen) atoms. The van der Waals surface area contributed by atoms with Gasteiger partial charge in [0.25, 0.3) is 0 Å². The molecular weight excluding hydrogens is 535 g/mol. The zero-order chi connectivity index (χ0) is 23.5. The molecule has 0 aromatic heterocycles. The molecule has 1 amide bonds. The number of carbonyl (C=O) groups excluding carboxylic acids is 1. The lowest BCUT2D eigenvalue weighted by molar-refractivity contribution is -0.116. The van der Waals surface area contributed by atoms with Crippen LogP contribution in [0.15, 0.2) is 65.6 Å². The molecule has 168 valence electrons. The van der Waals surface area contributed by atoms with Crippen molar-refractivity contribution in [3.8, 4) is 0 Å². The van der Waals surface area contributed by atoms with Gasteiger partial charge < -0.3 is 5.32 Å². The van der Waals surface area contributed by atoms with Gasteiger partial charge in [-0.1, -0.05) is 47.5 Å². The van der Waals surface area contributed by atoms with Crippen molar-refractivity contribution in [2.24, 2.45) is 0 Å². The summed E-state index contributed by atoms with van der Waals surface area (Å²) >= 11 is 2.19. The first-order valence-electron chi connectivity index (χ1n) is 10.3. The zero-order valence-corrected chi connectivity index (χ0v) is 21.6. The van der Waals surface area contributed by atoms with Gasteiger partial charge in [0.05, 0.1) is 11.4 Å². The first-order chi connectivity index (χ1) is 15.1. The zero-order valence-electron chi connectivity index (χ0n) is 18.6. The van der Waals surface area contributed by atoms with Crippen molar-refractivity contribution < 1.29 is 13.2 Å². The Bertz CT molecular complexity index is 1200. The van der Waals surface area contributed by atoms with E-state index in [0.29, 0.717) is 16.8 Å². The maximum atomic E-state index is 13.7. The fourth-order valence-electron chi connectivity index (χ4n) is 3.72. The van der Waals surface area contributed by atoms with Crippen LogP contribution in [-0.2, 0) is 21.4 Å². The summed E-state index contributed by atoms with van der Waals surface area (Å²) in [6.45, 7) is 7.33. The fraction of sp³-hybridized carbons (Fsp3) is 0.240. The van der Waals surface area contributed by atoms with E-state index in [1.54, 1.807) is 26.0 Å². The Morgan fingerprint density at radius 1 is 0.875 bits per heavy atom. The Balaban J connectivity index is 1.95. The predicted octanol–water partition coefficient (Wildman–Crippen LogP) is 5.35. The summed E-state index contributed by atoms with van der Waals surface area (Å²) in [5.41, 5.74) is 4.89. The van der Waals surface area contributed by atoms with Crippen molar-refractivity contribution in [1.29, 1.82) is 0 Å². The molecule has 7 heteroatoms. The van der Waals surface area contributed by atoms with Gasteiger partial charge >= 0.3 is 0 Å². The molecule has 0 atom stereocenters. The molecule has 0 saturated heterocycles. The number of halogens is 1. The van der Waals surface area contributed by atoms with E-state index in [4.69, 9.17) is 0 Å². The number of anilines is 1. The van der Waals surface area contributed by atoms with Crippen molar-refractivity contribution in [2.45, 2.75) is 39.1 Å². The largest absolute Gasteiger partial charge is 0.325 e. The summed E-state index contributed by atoms with van der Waals surface area (Å²) in [4.78, 5) is 13.1. The third kappa shape index (κ3) is 5.96. The summed E-state index contributed by atoms with van der Waals surface area (Å²) in [6.07, 6.45) is 0. The average molecular weight is 562 g/mol. The molecule has 0 fully saturated rings. The van der Waals surface area contributed by atoms with Gasteiger partial charge in [-0.3, -0.25) is 4.79 Å². The molecule has 0 saturated carbocycles. The van der Waals surface area contributed by atoms with Gasteiger partial charge in [0.15, 0.2) is 0 Å². The molecular formula is C25H27IN2O3S. The monoisotopic (exact) mass is 562 g/mol. The van der Waals surface area contributed by atoms with Gasteiger partial charge in [-0.25, -0.2) is 8.42 Å². The first kappa shape index (κ1) is 24.4. The summed E-state index contributed by atoms with van der Waals surface area (Å²) < 4.78 is 29.8. The summed E-state index contributed by atoms with van der Waals surface area (Å²) in [6, 6.07) is 18.7. The molecule has 0 spiro atoms. The minimum Gasteiger partial charge on any atom is -0.325 e. The van der Waals surface area contributed by atoms with Crippen LogP contribution in [0.2, 0.25) is 0 Å². The van der Waals surface area contributed by atoms with E-state index in [1.807, 2.05) is 62.4 Å². The van der Waals surface area contributed by atoms with Gasteiger partial charge in [-0.05, 0) is 91.2 Å². The Kier molecular flexibility index (Phi) is 7.74. The number of carbonyl (C=O) groups is 1. The molecule has 0 aliphatic rings. The maximum absolute atomic E-state index is 13.7. The topological polar surface area (TPSA) is 66.5 Å². The molecule has 0 unspecified atom stereocenters. The van der Waals surface area contributed by atoms with Crippen LogP contribution in [0.3, 0.4) is 0 Å². The molecule has 3 aromatic rings. The van der Waals surface area contributed by atoms with Crippen LogP contribution < -0.4 is 5.32 Å². The number of benzene rings is 3. The number of nitrogens with one attached hydrogen (secondary N) is 1. The number of rotatable bonds is 7. The van der Waals surface area contributed by atoms with Crippen LogP contribution >= 0.6 is 22.6 Å². The van der Waals surface area contributed by atoms with E-state index in [1.165, 1.54) is 4.31 Å². The summed E-state index contributed by atoms with van der Waals surface area (Å²) in [5, 5.41) is 2.81. The average Bonchev–Trinajstić information content (AvgIpc) is 2.70. The highest BCUT2D eigenvalue weighted by Gasteiger charge is 2.30. The Morgan fingerprint density at radius 3 is 2.00 bits per heavy atom. The highest BCUT2D eigenvalue weighted by molar-refractivity contribution is 14.1. The highest BCUT2D eigenvalue weighted by Crippen LogP contribution is 2.26. The number of nitrogens with zero attached hydrogens (tertiary/aromatic N) is 1. The molecule has 0 bridgehead atoms. The molecule has 3 aromatic carbocycles. The van der Waals surface area contributed by atoms with Crippen LogP contribution in [0.1, 0.15) is 27.8 Å². The van der Waals surface area contributed by atoms with E-state index >= 15 is 0 Å².